The molecule has 136 valence electrons. The summed E-state index contributed by atoms with van der Waals surface area (Å²) in [6.45, 7) is 12.6. The second kappa shape index (κ2) is 7.60. The number of nitrogens with one attached hydrogen (secondary N) is 1. The van der Waals surface area contributed by atoms with Gasteiger partial charge in [-0.25, -0.2) is 4.79 Å². The Hall–Kier alpha value is -1.49. The summed E-state index contributed by atoms with van der Waals surface area (Å²) >= 11 is 0. The van der Waals surface area contributed by atoms with Crippen LogP contribution < -0.4 is 5.32 Å². The number of hydrogen-bond donors (Lipinski definition) is 1. The zero-order chi connectivity index (χ0) is 17.8. The predicted molar refractivity (Wildman–Crippen MR) is 94.9 cm³/mol. The number of hydrogen-bond acceptors (Lipinski definition) is 4. The maximum Gasteiger partial charge on any atom is 0.410 e. The molecule has 1 aliphatic heterocycles. The first-order valence-corrected chi connectivity index (χ1v) is 8.99. The van der Waals surface area contributed by atoms with Gasteiger partial charge < -0.3 is 19.4 Å². The summed E-state index contributed by atoms with van der Waals surface area (Å²) < 4.78 is 10.9. The van der Waals surface area contributed by atoms with E-state index in [0.29, 0.717) is 0 Å². The second-order valence-electron chi connectivity index (χ2n) is 7.94. The molecule has 1 fully saturated rings. The first kappa shape index (κ1) is 18.8. The van der Waals surface area contributed by atoms with Crippen LogP contribution in [-0.4, -0.2) is 36.2 Å². The van der Waals surface area contributed by atoms with Crippen LogP contribution in [0, 0.1) is 5.41 Å². The van der Waals surface area contributed by atoms with Crippen molar-refractivity contribution in [2.75, 3.05) is 19.6 Å². The second-order valence-corrected chi connectivity index (χ2v) is 7.94. The molecule has 2 rings (SSSR count). The molecule has 1 unspecified atom stereocenters. The van der Waals surface area contributed by atoms with E-state index in [1.165, 1.54) is 0 Å². The van der Waals surface area contributed by atoms with Gasteiger partial charge in [0.15, 0.2) is 0 Å². The number of nitrogens with zero attached hydrogens (tertiary/aromatic N) is 1. The molecule has 0 spiro atoms. The lowest BCUT2D eigenvalue weighted by Crippen LogP contribution is -2.48. The van der Waals surface area contributed by atoms with Gasteiger partial charge in [-0.2, -0.15) is 0 Å². The fourth-order valence-electron chi connectivity index (χ4n) is 3.15. The highest BCUT2D eigenvalue weighted by Crippen LogP contribution is 2.35. The third kappa shape index (κ3) is 5.00. The Labute approximate surface area is 145 Å². The van der Waals surface area contributed by atoms with E-state index in [1.54, 1.807) is 6.26 Å². The summed E-state index contributed by atoms with van der Waals surface area (Å²) in [6, 6.07) is 4.12. The number of likely N-dealkylation sites (tertiary alicyclic amines) is 1. The van der Waals surface area contributed by atoms with Gasteiger partial charge in [0.05, 0.1) is 12.3 Å². The van der Waals surface area contributed by atoms with Crippen molar-refractivity contribution in [1.29, 1.82) is 0 Å². The molecule has 1 N–H and O–H groups in total. The molecule has 1 aromatic heterocycles. The van der Waals surface area contributed by atoms with Crippen LogP contribution in [0.5, 0.6) is 0 Å². The van der Waals surface area contributed by atoms with Gasteiger partial charge in [-0.3, -0.25) is 0 Å². The van der Waals surface area contributed by atoms with E-state index >= 15 is 0 Å². The minimum absolute atomic E-state index is 0.191. The summed E-state index contributed by atoms with van der Waals surface area (Å²) in [4.78, 5) is 14.1. The van der Waals surface area contributed by atoms with Crippen molar-refractivity contribution < 1.29 is 13.9 Å². The van der Waals surface area contributed by atoms with Crippen LogP contribution in [-0.2, 0) is 4.74 Å². The van der Waals surface area contributed by atoms with Gasteiger partial charge in [-0.15, -0.1) is 0 Å². The molecule has 24 heavy (non-hydrogen) atoms. The Bertz CT molecular complexity index is 511. The van der Waals surface area contributed by atoms with Gasteiger partial charge >= 0.3 is 6.09 Å². The molecule has 0 aliphatic carbocycles. The minimum atomic E-state index is -0.434. The van der Waals surface area contributed by atoms with Crippen molar-refractivity contribution in [2.24, 2.45) is 5.41 Å². The SMILES string of the molecule is CCC1(CNC(C)c2ccco2)CCN(C(=O)OC(C)(C)C)CC1. The topological polar surface area (TPSA) is 54.7 Å². The predicted octanol–water partition coefficient (Wildman–Crippen LogP) is 4.36. The van der Waals surface area contributed by atoms with E-state index in [1.807, 2.05) is 37.8 Å². The van der Waals surface area contributed by atoms with Crippen LogP contribution in [0.1, 0.15) is 65.7 Å². The van der Waals surface area contributed by atoms with Crippen molar-refractivity contribution in [2.45, 2.75) is 65.5 Å². The molecule has 5 heteroatoms. The molecule has 1 amide bonds. The fraction of sp³-hybridized carbons (Fsp3) is 0.737. The molecular weight excluding hydrogens is 304 g/mol. The average Bonchev–Trinajstić information content (AvgIpc) is 3.06. The van der Waals surface area contributed by atoms with Crippen LogP contribution >= 0.6 is 0 Å². The summed E-state index contributed by atoms with van der Waals surface area (Å²) in [5.74, 6) is 0.965. The molecule has 5 nitrogen and oxygen atoms in total. The average molecular weight is 336 g/mol. The number of carbonyl (C=O) groups is 1. The maximum atomic E-state index is 12.2. The monoisotopic (exact) mass is 336 g/mol. The summed E-state index contributed by atoms with van der Waals surface area (Å²) in [5.41, 5.74) is -0.199. The Morgan fingerprint density at radius 1 is 1.42 bits per heavy atom. The van der Waals surface area contributed by atoms with Crippen LogP contribution in [0.25, 0.3) is 0 Å². The third-order valence-electron chi connectivity index (χ3n) is 4.98. The zero-order valence-corrected chi connectivity index (χ0v) is 15.7. The number of rotatable bonds is 5. The van der Waals surface area contributed by atoms with Crippen molar-refractivity contribution in [1.82, 2.24) is 10.2 Å². The molecule has 1 atom stereocenters. The van der Waals surface area contributed by atoms with E-state index < -0.39 is 5.60 Å². The van der Waals surface area contributed by atoms with E-state index in [0.717, 1.165) is 44.7 Å². The highest BCUT2D eigenvalue weighted by Gasteiger charge is 2.36. The third-order valence-corrected chi connectivity index (χ3v) is 4.98. The standard InChI is InChI=1S/C19H32N2O3/c1-6-19(14-20-15(2)16-8-7-13-23-16)9-11-21(12-10-19)17(22)24-18(3,4)5/h7-8,13,15,20H,6,9-12,14H2,1-5H3. The van der Waals surface area contributed by atoms with Gasteiger partial charge in [0.25, 0.3) is 0 Å². The van der Waals surface area contributed by atoms with E-state index in [9.17, 15) is 4.79 Å². The Balaban J connectivity index is 1.86. The van der Waals surface area contributed by atoms with Crippen LogP contribution in [0.3, 0.4) is 0 Å². The zero-order valence-electron chi connectivity index (χ0n) is 15.7. The van der Waals surface area contributed by atoms with Gasteiger partial charge in [0.1, 0.15) is 11.4 Å². The lowest BCUT2D eigenvalue weighted by atomic mass is 9.76. The van der Waals surface area contributed by atoms with Crippen molar-refractivity contribution >= 4 is 6.09 Å². The largest absolute Gasteiger partial charge is 0.468 e. The Kier molecular flexibility index (Phi) is 5.97. The van der Waals surface area contributed by atoms with Crippen LogP contribution in [0.4, 0.5) is 4.79 Å². The summed E-state index contributed by atoms with van der Waals surface area (Å²) in [7, 11) is 0. The van der Waals surface area contributed by atoms with Gasteiger partial charge in [-0.05, 0) is 64.5 Å². The number of ether oxygens (including phenoxy) is 1. The molecule has 1 saturated heterocycles. The van der Waals surface area contributed by atoms with E-state index in [4.69, 9.17) is 9.15 Å². The summed E-state index contributed by atoms with van der Waals surface area (Å²) in [5, 5.41) is 3.60. The van der Waals surface area contributed by atoms with Crippen molar-refractivity contribution in [3.63, 3.8) is 0 Å². The normalized spacial score (nSPS) is 19.1. The minimum Gasteiger partial charge on any atom is -0.468 e. The first-order valence-electron chi connectivity index (χ1n) is 8.99. The summed E-state index contributed by atoms with van der Waals surface area (Å²) in [6.07, 6.45) is 4.63. The van der Waals surface area contributed by atoms with Gasteiger partial charge in [-0.1, -0.05) is 6.92 Å². The molecule has 1 aliphatic rings. The fourth-order valence-corrected chi connectivity index (χ4v) is 3.15. The lowest BCUT2D eigenvalue weighted by molar-refractivity contribution is 0.00913. The van der Waals surface area contributed by atoms with Crippen molar-refractivity contribution in [3.8, 4) is 0 Å². The number of amides is 1. The van der Waals surface area contributed by atoms with Crippen LogP contribution in [0.15, 0.2) is 22.8 Å². The molecular formula is C19H32N2O3. The number of piperidine rings is 1. The molecule has 1 aromatic rings. The highest BCUT2D eigenvalue weighted by atomic mass is 16.6. The Morgan fingerprint density at radius 3 is 2.58 bits per heavy atom. The first-order chi connectivity index (χ1) is 11.2. The molecule has 0 radical (unpaired) electrons. The number of furan rings is 1. The van der Waals surface area contributed by atoms with E-state index in [-0.39, 0.29) is 17.6 Å². The molecule has 2 heterocycles. The quantitative estimate of drug-likeness (QED) is 0.868. The molecule has 0 saturated carbocycles. The van der Waals surface area contributed by atoms with E-state index in [2.05, 4.69) is 19.2 Å². The van der Waals surface area contributed by atoms with Crippen LogP contribution in [0.2, 0.25) is 0 Å². The number of carbonyl (C=O) groups excluding carboxylic acids is 1. The smallest absolute Gasteiger partial charge is 0.410 e. The Morgan fingerprint density at radius 2 is 2.08 bits per heavy atom. The van der Waals surface area contributed by atoms with Gasteiger partial charge in [0, 0.05) is 19.6 Å². The van der Waals surface area contributed by atoms with Crippen molar-refractivity contribution in [3.05, 3.63) is 24.2 Å². The maximum absolute atomic E-state index is 12.2. The highest BCUT2D eigenvalue weighted by molar-refractivity contribution is 5.68. The van der Waals surface area contributed by atoms with Gasteiger partial charge in [0.2, 0.25) is 0 Å². The lowest BCUT2D eigenvalue weighted by Gasteiger charge is -2.42. The molecule has 0 aromatic carbocycles. The molecule has 0 bridgehead atoms.